The van der Waals surface area contributed by atoms with Crippen LogP contribution in [0, 0.1) is 0 Å². The van der Waals surface area contributed by atoms with Crippen molar-refractivity contribution in [3.63, 3.8) is 0 Å². The highest BCUT2D eigenvalue weighted by molar-refractivity contribution is 5.32. The van der Waals surface area contributed by atoms with Gasteiger partial charge in [-0.1, -0.05) is 0 Å². The number of piperazine rings is 1. The molecule has 1 aromatic heterocycles. The van der Waals surface area contributed by atoms with Crippen LogP contribution >= 0.6 is 0 Å². The average Bonchev–Trinajstić information content (AvgIpc) is 3.20. The zero-order chi connectivity index (χ0) is 19.3. The molecule has 0 radical (unpaired) electrons. The van der Waals surface area contributed by atoms with Crippen molar-refractivity contribution < 1.29 is 18.6 Å². The lowest BCUT2D eigenvalue weighted by molar-refractivity contribution is -0.304. The van der Waals surface area contributed by atoms with Gasteiger partial charge in [0, 0.05) is 51.9 Å². The van der Waals surface area contributed by atoms with Gasteiger partial charge in [0.1, 0.15) is 17.4 Å². The van der Waals surface area contributed by atoms with E-state index in [-0.39, 0.29) is 17.7 Å². The van der Waals surface area contributed by atoms with Gasteiger partial charge in [-0.05, 0) is 44.5 Å². The molecule has 5 saturated heterocycles. The van der Waals surface area contributed by atoms with Gasteiger partial charge in [-0.15, -0.1) is 0 Å². The van der Waals surface area contributed by atoms with E-state index in [9.17, 15) is 0 Å². The molecule has 160 valence electrons. The summed E-state index contributed by atoms with van der Waals surface area (Å²) in [6.07, 6.45) is 6.57. The van der Waals surface area contributed by atoms with E-state index < -0.39 is 5.60 Å². The second-order valence-corrected chi connectivity index (χ2v) is 9.14. The molecule has 5 fully saturated rings. The molecular formula is C22H33N3O4. The Morgan fingerprint density at radius 3 is 2.38 bits per heavy atom. The van der Waals surface area contributed by atoms with Crippen molar-refractivity contribution in [1.29, 1.82) is 0 Å². The molecule has 7 heteroatoms. The molecule has 5 aliphatic rings. The minimum absolute atomic E-state index is 0.0122. The van der Waals surface area contributed by atoms with Gasteiger partial charge in [0.05, 0.1) is 19.0 Å². The molecule has 5 atom stereocenters. The van der Waals surface area contributed by atoms with Crippen molar-refractivity contribution >= 4 is 0 Å². The summed E-state index contributed by atoms with van der Waals surface area (Å²) in [6, 6.07) is 4.49. The SMILES string of the molecule is c1coc(C2(C3CCO3)OCCC(N3CCCC3)C2(C2CO2)N2CCNCC2)c1. The lowest BCUT2D eigenvalue weighted by Crippen LogP contribution is -2.82. The molecule has 1 aromatic rings. The van der Waals surface area contributed by atoms with Gasteiger partial charge in [-0.2, -0.15) is 0 Å². The van der Waals surface area contributed by atoms with E-state index in [1.54, 1.807) is 6.26 Å². The summed E-state index contributed by atoms with van der Waals surface area (Å²) < 4.78 is 25.5. The standard InChI is InChI=1S/C22H33N3O4/c1-2-10-24(9-1)17-5-15-29-22(19-6-14-27-19,18-4-3-13-26-18)21(17,20-16-28-20)25-11-7-23-8-12-25/h3-4,13,17,19-20,23H,1-2,5-12,14-16H2. The topological polar surface area (TPSA) is 62.6 Å². The summed E-state index contributed by atoms with van der Waals surface area (Å²) in [7, 11) is 0. The van der Waals surface area contributed by atoms with Gasteiger partial charge in [0.15, 0.2) is 5.60 Å². The quantitative estimate of drug-likeness (QED) is 0.741. The van der Waals surface area contributed by atoms with Crippen LogP contribution in [0.4, 0.5) is 0 Å². The Kier molecular flexibility index (Phi) is 4.74. The zero-order valence-electron chi connectivity index (χ0n) is 17.2. The third-order valence-corrected chi connectivity index (χ3v) is 7.91. The van der Waals surface area contributed by atoms with Crippen molar-refractivity contribution in [2.75, 3.05) is 59.1 Å². The first-order valence-electron chi connectivity index (χ1n) is 11.5. The fraction of sp³-hybridized carbons (Fsp3) is 0.818. The van der Waals surface area contributed by atoms with Crippen LogP contribution in [0.1, 0.15) is 31.4 Å². The second-order valence-electron chi connectivity index (χ2n) is 9.14. The lowest BCUT2D eigenvalue weighted by Gasteiger charge is -2.65. The minimum atomic E-state index is -0.626. The Labute approximate surface area is 172 Å². The van der Waals surface area contributed by atoms with Crippen molar-refractivity contribution in [1.82, 2.24) is 15.1 Å². The lowest BCUT2D eigenvalue weighted by atomic mass is 9.62. The molecule has 0 saturated carbocycles. The van der Waals surface area contributed by atoms with Gasteiger partial charge >= 0.3 is 0 Å². The smallest absolute Gasteiger partial charge is 0.174 e. The number of hydrogen-bond acceptors (Lipinski definition) is 7. The maximum Gasteiger partial charge on any atom is 0.174 e. The first kappa shape index (κ1) is 18.8. The molecule has 7 nitrogen and oxygen atoms in total. The highest BCUT2D eigenvalue weighted by Crippen LogP contribution is 2.58. The van der Waals surface area contributed by atoms with Gasteiger partial charge in [0.2, 0.25) is 0 Å². The maximum absolute atomic E-state index is 6.89. The van der Waals surface area contributed by atoms with Crippen LogP contribution in [-0.2, 0) is 19.8 Å². The number of nitrogens with zero attached hydrogens (tertiary/aromatic N) is 2. The Morgan fingerprint density at radius 2 is 1.76 bits per heavy atom. The molecule has 0 amide bonds. The number of ether oxygens (including phenoxy) is 3. The summed E-state index contributed by atoms with van der Waals surface area (Å²) in [5, 5.41) is 3.54. The Balaban J connectivity index is 1.55. The monoisotopic (exact) mass is 403 g/mol. The molecule has 5 aliphatic heterocycles. The molecule has 1 N–H and O–H groups in total. The molecular weight excluding hydrogens is 370 g/mol. The van der Waals surface area contributed by atoms with Crippen molar-refractivity contribution in [3.8, 4) is 0 Å². The summed E-state index contributed by atoms with van der Waals surface area (Å²) in [5.74, 6) is 0.917. The minimum Gasteiger partial charge on any atom is -0.466 e. The van der Waals surface area contributed by atoms with E-state index in [0.717, 1.165) is 64.6 Å². The van der Waals surface area contributed by atoms with Crippen LogP contribution < -0.4 is 5.32 Å². The predicted octanol–water partition coefficient (Wildman–Crippen LogP) is 1.19. The number of nitrogens with one attached hydrogen (secondary N) is 1. The molecule has 6 rings (SSSR count). The van der Waals surface area contributed by atoms with E-state index in [1.165, 1.54) is 25.9 Å². The summed E-state index contributed by atoms with van der Waals surface area (Å²) in [6.45, 7) is 8.69. The molecule has 0 aliphatic carbocycles. The van der Waals surface area contributed by atoms with Crippen molar-refractivity contribution in [3.05, 3.63) is 24.2 Å². The first-order chi connectivity index (χ1) is 14.4. The predicted molar refractivity (Wildman–Crippen MR) is 107 cm³/mol. The molecule has 0 aromatic carbocycles. The van der Waals surface area contributed by atoms with E-state index in [1.807, 2.05) is 6.07 Å². The van der Waals surface area contributed by atoms with Gasteiger partial charge in [0.25, 0.3) is 0 Å². The van der Waals surface area contributed by atoms with E-state index >= 15 is 0 Å². The molecule has 6 heterocycles. The number of likely N-dealkylation sites (tertiary alicyclic amines) is 1. The summed E-state index contributed by atoms with van der Waals surface area (Å²) in [5.41, 5.74) is -0.917. The maximum atomic E-state index is 6.89. The summed E-state index contributed by atoms with van der Waals surface area (Å²) >= 11 is 0. The fourth-order valence-electron chi connectivity index (χ4n) is 6.69. The fourth-order valence-corrected chi connectivity index (χ4v) is 6.69. The van der Waals surface area contributed by atoms with Crippen LogP contribution in [0.5, 0.6) is 0 Å². The first-order valence-corrected chi connectivity index (χ1v) is 11.5. The zero-order valence-corrected chi connectivity index (χ0v) is 17.2. The van der Waals surface area contributed by atoms with E-state index in [2.05, 4.69) is 21.2 Å². The molecule has 0 spiro atoms. The van der Waals surface area contributed by atoms with E-state index in [4.69, 9.17) is 18.6 Å². The largest absolute Gasteiger partial charge is 0.466 e. The third-order valence-electron chi connectivity index (χ3n) is 7.91. The summed E-state index contributed by atoms with van der Waals surface area (Å²) in [4.78, 5) is 5.41. The normalized spacial score (nSPS) is 43.9. The van der Waals surface area contributed by atoms with Crippen LogP contribution in [-0.4, -0.2) is 92.7 Å². The molecule has 29 heavy (non-hydrogen) atoms. The Hall–Kier alpha value is -0.960. The average molecular weight is 404 g/mol. The van der Waals surface area contributed by atoms with Crippen LogP contribution in [0.25, 0.3) is 0 Å². The van der Waals surface area contributed by atoms with Crippen LogP contribution in [0.2, 0.25) is 0 Å². The van der Waals surface area contributed by atoms with Gasteiger partial charge < -0.3 is 23.9 Å². The van der Waals surface area contributed by atoms with E-state index in [0.29, 0.717) is 6.04 Å². The highest BCUT2D eigenvalue weighted by atomic mass is 16.6. The van der Waals surface area contributed by atoms with Crippen molar-refractivity contribution in [2.24, 2.45) is 0 Å². The number of hydrogen-bond donors (Lipinski definition) is 1. The van der Waals surface area contributed by atoms with Crippen LogP contribution in [0.15, 0.2) is 22.8 Å². The van der Waals surface area contributed by atoms with Gasteiger partial charge in [-0.25, -0.2) is 0 Å². The van der Waals surface area contributed by atoms with Gasteiger partial charge in [-0.3, -0.25) is 9.80 Å². The third kappa shape index (κ3) is 2.65. The molecule has 5 unspecified atom stereocenters. The number of rotatable bonds is 5. The number of furan rings is 1. The van der Waals surface area contributed by atoms with Crippen LogP contribution in [0.3, 0.4) is 0 Å². The number of epoxide rings is 1. The Morgan fingerprint density at radius 1 is 0.966 bits per heavy atom. The second kappa shape index (κ2) is 7.32. The van der Waals surface area contributed by atoms with Crippen molar-refractivity contribution in [2.45, 2.75) is 55.1 Å². The highest BCUT2D eigenvalue weighted by Gasteiger charge is 2.75. The Bertz CT molecular complexity index is 695. The molecule has 0 bridgehead atoms.